The lowest BCUT2D eigenvalue weighted by molar-refractivity contribution is 0.0490. The van der Waals surface area contributed by atoms with Gasteiger partial charge in [0, 0.05) is 42.2 Å². The van der Waals surface area contributed by atoms with Crippen LogP contribution in [0.15, 0.2) is 60.8 Å². The summed E-state index contributed by atoms with van der Waals surface area (Å²) < 4.78 is 55.6. The van der Waals surface area contributed by atoms with E-state index in [1.165, 1.54) is 12.1 Å². The maximum atomic E-state index is 14.5. The molecule has 0 bridgehead atoms. The maximum absolute atomic E-state index is 14.5. The zero-order chi connectivity index (χ0) is 25.5. The Morgan fingerprint density at radius 1 is 1.08 bits per heavy atom. The number of sulfonamides is 1. The van der Waals surface area contributed by atoms with Crippen molar-refractivity contribution in [2.24, 2.45) is 5.92 Å². The van der Waals surface area contributed by atoms with Gasteiger partial charge in [-0.2, -0.15) is 0 Å². The van der Waals surface area contributed by atoms with Gasteiger partial charge in [-0.1, -0.05) is 18.2 Å². The molecule has 0 saturated carbocycles. The number of amides is 1. The maximum Gasteiger partial charge on any atom is 0.264 e. The number of rotatable bonds is 9. The first-order valence-corrected chi connectivity index (χ1v) is 13.4. The second-order valence-corrected chi connectivity index (χ2v) is 10.3. The number of benzene rings is 2. The zero-order valence-electron chi connectivity index (χ0n) is 19.8. The lowest BCUT2D eigenvalue weighted by Gasteiger charge is -2.21. The van der Waals surface area contributed by atoms with Gasteiger partial charge < -0.3 is 14.2 Å². The van der Waals surface area contributed by atoms with Crippen LogP contribution in [-0.2, 0) is 21.4 Å². The third-order valence-corrected chi connectivity index (χ3v) is 6.26. The summed E-state index contributed by atoms with van der Waals surface area (Å²) in [7, 11) is -3.74. The molecule has 1 aliphatic rings. The quantitative estimate of drug-likeness (QED) is 0.461. The Labute approximate surface area is 209 Å². The molecule has 0 spiro atoms. The Hall–Kier alpha value is -3.50. The summed E-state index contributed by atoms with van der Waals surface area (Å²) in [6.07, 6.45) is 4.58. The number of carbonyl (C=O) groups excluding carboxylic acids is 1. The minimum absolute atomic E-state index is 0.0690. The Balaban J connectivity index is 1.35. The van der Waals surface area contributed by atoms with Gasteiger partial charge in [-0.15, -0.1) is 0 Å². The van der Waals surface area contributed by atoms with Crippen LogP contribution < -0.4 is 14.2 Å². The van der Waals surface area contributed by atoms with Gasteiger partial charge in [0.25, 0.3) is 5.91 Å². The fraction of sp³-hybridized carbons (Fsp3) is 0.308. The van der Waals surface area contributed by atoms with E-state index in [4.69, 9.17) is 14.2 Å². The highest BCUT2D eigenvalue weighted by Gasteiger charge is 2.15. The standard InChI is InChI=1S/C26H27FN2O6S/c1-36(31,32)29-26(30)20-5-6-22(24(27)14-20)17-34-23-4-2-3-19(13-23)21-7-8-25(28-15-21)35-16-18-9-11-33-12-10-18/h2-8,13-15,18H,9-12,16-17H2,1H3,(H,29,30). The van der Waals surface area contributed by atoms with E-state index in [2.05, 4.69) is 4.98 Å². The molecule has 1 aromatic heterocycles. The topological polar surface area (TPSA) is 104 Å². The van der Waals surface area contributed by atoms with Crippen molar-refractivity contribution in [1.82, 2.24) is 9.71 Å². The van der Waals surface area contributed by atoms with Gasteiger partial charge in [0.1, 0.15) is 18.2 Å². The molecule has 10 heteroatoms. The van der Waals surface area contributed by atoms with Crippen molar-refractivity contribution in [3.63, 3.8) is 0 Å². The van der Waals surface area contributed by atoms with Crippen molar-refractivity contribution < 1.29 is 31.8 Å². The monoisotopic (exact) mass is 514 g/mol. The van der Waals surface area contributed by atoms with E-state index in [1.54, 1.807) is 17.0 Å². The summed E-state index contributed by atoms with van der Waals surface area (Å²) in [5, 5.41) is 0. The van der Waals surface area contributed by atoms with E-state index < -0.39 is 21.7 Å². The van der Waals surface area contributed by atoms with Gasteiger partial charge in [-0.3, -0.25) is 4.79 Å². The molecular formula is C26H27FN2O6S. The molecule has 1 saturated heterocycles. The van der Waals surface area contributed by atoms with Crippen molar-refractivity contribution in [2.45, 2.75) is 19.4 Å². The lowest BCUT2D eigenvalue weighted by atomic mass is 10.0. The first kappa shape index (κ1) is 25.6. The molecule has 190 valence electrons. The summed E-state index contributed by atoms with van der Waals surface area (Å²) in [4.78, 5) is 16.3. The second kappa shape index (κ2) is 11.5. The molecule has 8 nitrogen and oxygen atoms in total. The normalized spacial score (nSPS) is 14.3. The first-order valence-electron chi connectivity index (χ1n) is 11.5. The smallest absolute Gasteiger partial charge is 0.264 e. The third kappa shape index (κ3) is 7.25. The average molecular weight is 515 g/mol. The summed E-state index contributed by atoms with van der Waals surface area (Å²) in [5.41, 5.74) is 1.89. The second-order valence-electron chi connectivity index (χ2n) is 8.58. The van der Waals surface area contributed by atoms with Gasteiger partial charge in [-0.05, 0) is 54.7 Å². The molecule has 0 aliphatic carbocycles. The highest BCUT2D eigenvalue weighted by atomic mass is 32.2. The fourth-order valence-electron chi connectivity index (χ4n) is 3.71. The number of carbonyl (C=O) groups is 1. The third-order valence-electron chi connectivity index (χ3n) is 5.70. The highest BCUT2D eigenvalue weighted by molar-refractivity contribution is 7.89. The molecule has 1 N–H and O–H groups in total. The van der Waals surface area contributed by atoms with Crippen molar-refractivity contribution in [2.75, 3.05) is 26.1 Å². The molecular weight excluding hydrogens is 487 g/mol. The van der Waals surface area contributed by atoms with Gasteiger partial charge in [0.15, 0.2) is 0 Å². The Morgan fingerprint density at radius 3 is 2.58 bits per heavy atom. The number of pyridine rings is 1. The largest absolute Gasteiger partial charge is 0.489 e. The molecule has 2 aromatic carbocycles. The van der Waals surface area contributed by atoms with E-state index in [9.17, 15) is 17.6 Å². The predicted molar refractivity (Wildman–Crippen MR) is 132 cm³/mol. The minimum atomic E-state index is -3.74. The number of ether oxygens (including phenoxy) is 3. The number of nitrogens with one attached hydrogen (secondary N) is 1. The highest BCUT2D eigenvalue weighted by Crippen LogP contribution is 2.26. The summed E-state index contributed by atoms with van der Waals surface area (Å²) in [6.45, 7) is 2.11. The van der Waals surface area contributed by atoms with Crippen molar-refractivity contribution in [3.05, 3.63) is 77.7 Å². The van der Waals surface area contributed by atoms with Crippen LogP contribution in [0.2, 0.25) is 0 Å². The van der Waals surface area contributed by atoms with Gasteiger partial charge in [-0.25, -0.2) is 22.5 Å². The van der Waals surface area contributed by atoms with Crippen LogP contribution in [0.4, 0.5) is 4.39 Å². The van der Waals surface area contributed by atoms with E-state index in [0.29, 0.717) is 24.2 Å². The van der Waals surface area contributed by atoms with Crippen molar-refractivity contribution in [3.8, 4) is 22.8 Å². The summed E-state index contributed by atoms with van der Waals surface area (Å²) in [5.74, 6) is 0.0187. The number of hydrogen-bond acceptors (Lipinski definition) is 7. The summed E-state index contributed by atoms with van der Waals surface area (Å²) >= 11 is 0. The molecule has 4 rings (SSSR count). The molecule has 3 aromatic rings. The van der Waals surface area contributed by atoms with Crippen LogP contribution in [-0.4, -0.2) is 45.4 Å². The fourth-order valence-corrected chi connectivity index (χ4v) is 4.17. The molecule has 0 unspecified atom stereocenters. The van der Waals surface area contributed by atoms with E-state index >= 15 is 0 Å². The molecule has 1 fully saturated rings. The van der Waals surface area contributed by atoms with E-state index in [0.717, 1.165) is 49.5 Å². The Bertz CT molecular complexity index is 1310. The number of halogens is 1. The first-order chi connectivity index (χ1) is 17.3. The molecule has 1 aliphatic heterocycles. The Kier molecular flexibility index (Phi) is 8.17. The number of hydrogen-bond donors (Lipinski definition) is 1. The molecule has 0 radical (unpaired) electrons. The van der Waals surface area contributed by atoms with Gasteiger partial charge in [0.2, 0.25) is 15.9 Å². The van der Waals surface area contributed by atoms with Crippen LogP contribution in [0, 0.1) is 11.7 Å². The molecule has 0 atom stereocenters. The minimum Gasteiger partial charge on any atom is -0.489 e. The van der Waals surface area contributed by atoms with Crippen LogP contribution >= 0.6 is 0 Å². The lowest BCUT2D eigenvalue weighted by Crippen LogP contribution is -2.29. The molecule has 36 heavy (non-hydrogen) atoms. The number of nitrogens with zero attached hydrogens (tertiary/aromatic N) is 1. The SMILES string of the molecule is CS(=O)(=O)NC(=O)c1ccc(COc2cccc(-c3ccc(OCC4CCOCC4)nc3)c2)c(F)c1. The van der Waals surface area contributed by atoms with E-state index in [1.807, 2.05) is 30.3 Å². The van der Waals surface area contributed by atoms with E-state index in [-0.39, 0.29) is 17.7 Å². The van der Waals surface area contributed by atoms with Gasteiger partial charge in [0.05, 0.1) is 12.9 Å². The van der Waals surface area contributed by atoms with Crippen LogP contribution in [0.3, 0.4) is 0 Å². The van der Waals surface area contributed by atoms with Crippen LogP contribution in [0.5, 0.6) is 11.6 Å². The van der Waals surface area contributed by atoms with Crippen molar-refractivity contribution >= 4 is 15.9 Å². The van der Waals surface area contributed by atoms with Crippen LogP contribution in [0.1, 0.15) is 28.8 Å². The predicted octanol–water partition coefficient (Wildman–Crippen LogP) is 3.96. The molecule has 1 amide bonds. The number of aromatic nitrogens is 1. The molecule has 2 heterocycles. The van der Waals surface area contributed by atoms with Crippen LogP contribution in [0.25, 0.3) is 11.1 Å². The van der Waals surface area contributed by atoms with Crippen molar-refractivity contribution in [1.29, 1.82) is 0 Å². The zero-order valence-corrected chi connectivity index (χ0v) is 20.6. The van der Waals surface area contributed by atoms with Gasteiger partial charge >= 0.3 is 0 Å². The Morgan fingerprint density at radius 2 is 1.89 bits per heavy atom. The summed E-state index contributed by atoms with van der Waals surface area (Å²) in [6, 6.07) is 14.8. The average Bonchev–Trinajstić information content (AvgIpc) is 2.87.